The molecular weight excluding hydrogens is 279 g/mol. The number of benzene rings is 2. The molecule has 0 aromatic heterocycles. The van der Waals surface area contributed by atoms with Crippen molar-refractivity contribution in [1.29, 1.82) is 0 Å². The lowest BCUT2D eigenvalue weighted by Crippen LogP contribution is -2.09. The first-order valence-corrected chi connectivity index (χ1v) is 6.46. The molecule has 0 aliphatic carbocycles. The van der Waals surface area contributed by atoms with Crippen molar-refractivity contribution in [3.05, 3.63) is 58.7 Å². The average Bonchev–Trinajstić information content (AvgIpc) is 2.42. The molecule has 2 aromatic carbocycles. The van der Waals surface area contributed by atoms with Gasteiger partial charge in [-0.15, -0.1) is 0 Å². The highest BCUT2D eigenvalue weighted by Crippen LogP contribution is 2.39. The third-order valence-corrected chi connectivity index (χ3v) is 3.15. The molecule has 2 nitrogen and oxygen atoms in total. The van der Waals surface area contributed by atoms with Crippen molar-refractivity contribution in [3.63, 3.8) is 0 Å². The highest BCUT2D eigenvalue weighted by molar-refractivity contribution is 5.45. The van der Waals surface area contributed by atoms with E-state index in [4.69, 9.17) is 10.5 Å². The molecule has 21 heavy (non-hydrogen) atoms. The van der Waals surface area contributed by atoms with Crippen molar-refractivity contribution in [2.45, 2.75) is 26.6 Å². The predicted molar refractivity (Wildman–Crippen MR) is 75.3 cm³/mol. The fourth-order valence-electron chi connectivity index (χ4n) is 1.95. The number of nitrogens with two attached hydrogens (primary N) is 1. The van der Waals surface area contributed by atoms with Crippen LogP contribution in [0.15, 0.2) is 36.4 Å². The minimum Gasteiger partial charge on any atom is -0.456 e. The smallest absolute Gasteiger partial charge is 0.419 e. The first kappa shape index (κ1) is 15.4. The quantitative estimate of drug-likeness (QED) is 0.900. The molecule has 0 saturated heterocycles. The van der Waals surface area contributed by atoms with Crippen molar-refractivity contribution in [1.82, 2.24) is 0 Å². The predicted octanol–water partition coefficient (Wildman–Crippen LogP) is 4.57. The maximum absolute atomic E-state index is 13.1. The topological polar surface area (TPSA) is 35.2 Å². The number of ether oxygens (including phenoxy) is 1. The Morgan fingerprint density at radius 2 is 1.71 bits per heavy atom. The summed E-state index contributed by atoms with van der Waals surface area (Å²) in [6, 6.07) is 9.28. The fourth-order valence-corrected chi connectivity index (χ4v) is 1.95. The second kappa shape index (κ2) is 5.77. The molecule has 5 heteroatoms. The summed E-state index contributed by atoms with van der Waals surface area (Å²) in [6.07, 6.45) is -4.49. The molecule has 0 spiro atoms. The van der Waals surface area contributed by atoms with Crippen LogP contribution in [0.4, 0.5) is 13.2 Å². The zero-order valence-corrected chi connectivity index (χ0v) is 11.8. The number of halogens is 3. The summed E-state index contributed by atoms with van der Waals surface area (Å²) in [6.45, 7) is 3.69. The molecule has 0 aliphatic heterocycles. The molecule has 2 N–H and O–H groups in total. The molecule has 0 bridgehead atoms. The monoisotopic (exact) mass is 295 g/mol. The van der Waals surface area contributed by atoms with Gasteiger partial charge in [-0.2, -0.15) is 13.2 Å². The van der Waals surface area contributed by atoms with Crippen molar-refractivity contribution in [3.8, 4) is 11.5 Å². The van der Waals surface area contributed by atoms with E-state index in [2.05, 4.69) is 0 Å². The van der Waals surface area contributed by atoms with Crippen LogP contribution in [0.25, 0.3) is 0 Å². The van der Waals surface area contributed by atoms with Crippen LogP contribution in [0.2, 0.25) is 0 Å². The van der Waals surface area contributed by atoms with Gasteiger partial charge in [0.25, 0.3) is 0 Å². The Hall–Kier alpha value is -2.01. The number of rotatable bonds is 3. The van der Waals surface area contributed by atoms with Crippen LogP contribution in [0.3, 0.4) is 0 Å². The normalized spacial score (nSPS) is 11.5. The Morgan fingerprint density at radius 1 is 1.00 bits per heavy atom. The molecule has 112 valence electrons. The van der Waals surface area contributed by atoms with E-state index in [1.165, 1.54) is 12.1 Å². The van der Waals surface area contributed by atoms with E-state index in [1.807, 2.05) is 19.1 Å². The fraction of sp³-hybridized carbons (Fsp3) is 0.250. The first-order valence-electron chi connectivity index (χ1n) is 6.46. The third-order valence-electron chi connectivity index (χ3n) is 3.15. The Kier molecular flexibility index (Phi) is 4.23. The van der Waals surface area contributed by atoms with E-state index in [1.54, 1.807) is 13.0 Å². The van der Waals surface area contributed by atoms with Crippen LogP contribution in [-0.4, -0.2) is 0 Å². The molecule has 0 aliphatic rings. The van der Waals surface area contributed by atoms with E-state index in [0.717, 1.165) is 17.2 Å². The van der Waals surface area contributed by atoms with Gasteiger partial charge in [-0.3, -0.25) is 0 Å². The van der Waals surface area contributed by atoms with E-state index in [-0.39, 0.29) is 12.3 Å². The van der Waals surface area contributed by atoms with Gasteiger partial charge in [-0.25, -0.2) is 0 Å². The standard InChI is InChI=1S/C16H16F3NO/c1-10-3-4-11(2)15(7-10)21-14-6-5-12(9-20)8-13(14)16(17,18)19/h3-8H,9,20H2,1-2H3. The Labute approximate surface area is 121 Å². The second-order valence-corrected chi connectivity index (χ2v) is 4.90. The van der Waals surface area contributed by atoms with Gasteiger partial charge in [0.1, 0.15) is 11.5 Å². The van der Waals surface area contributed by atoms with Crippen LogP contribution in [0.5, 0.6) is 11.5 Å². The summed E-state index contributed by atoms with van der Waals surface area (Å²) < 4.78 is 44.9. The summed E-state index contributed by atoms with van der Waals surface area (Å²) >= 11 is 0. The third kappa shape index (κ3) is 3.55. The van der Waals surface area contributed by atoms with Gasteiger partial charge in [0, 0.05) is 6.54 Å². The minimum absolute atomic E-state index is 0.0484. The lowest BCUT2D eigenvalue weighted by molar-refractivity contribution is -0.138. The Morgan fingerprint density at radius 3 is 2.33 bits per heavy atom. The van der Waals surface area contributed by atoms with Gasteiger partial charge < -0.3 is 10.5 Å². The van der Waals surface area contributed by atoms with Crippen LogP contribution in [-0.2, 0) is 12.7 Å². The summed E-state index contributed by atoms with van der Waals surface area (Å²) in [7, 11) is 0. The van der Waals surface area contributed by atoms with Crippen molar-refractivity contribution in [2.75, 3.05) is 0 Å². The Bertz CT molecular complexity index is 650. The number of hydrogen-bond acceptors (Lipinski definition) is 2. The van der Waals surface area contributed by atoms with E-state index < -0.39 is 11.7 Å². The number of hydrogen-bond donors (Lipinski definition) is 1. The molecule has 0 saturated carbocycles. The van der Waals surface area contributed by atoms with E-state index in [9.17, 15) is 13.2 Å². The zero-order chi connectivity index (χ0) is 15.6. The van der Waals surface area contributed by atoms with Crippen LogP contribution in [0.1, 0.15) is 22.3 Å². The van der Waals surface area contributed by atoms with Crippen molar-refractivity contribution in [2.24, 2.45) is 5.73 Å². The van der Waals surface area contributed by atoms with Crippen LogP contribution < -0.4 is 10.5 Å². The molecule has 0 heterocycles. The molecule has 0 fully saturated rings. The second-order valence-electron chi connectivity index (χ2n) is 4.90. The van der Waals surface area contributed by atoms with Crippen molar-refractivity contribution >= 4 is 0 Å². The van der Waals surface area contributed by atoms with Crippen LogP contribution in [0, 0.1) is 13.8 Å². The highest BCUT2D eigenvalue weighted by Gasteiger charge is 2.34. The molecule has 2 rings (SSSR count). The summed E-state index contributed by atoms with van der Waals surface area (Å²) in [5.41, 5.74) is 6.69. The SMILES string of the molecule is Cc1ccc(C)c(Oc2ccc(CN)cc2C(F)(F)F)c1. The molecule has 0 radical (unpaired) electrons. The van der Waals surface area contributed by atoms with Crippen LogP contribution >= 0.6 is 0 Å². The van der Waals surface area contributed by atoms with E-state index >= 15 is 0 Å². The molecule has 0 amide bonds. The Balaban J connectivity index is 2.46. The molecule has 2 aromatic rings. The van der Waals surface area contributed by atoms with Crippen molar-refractivity contribution < 1.29 is 17.9 Å². The lowest BCUT2D eigenvalue weighted by atomic mass is 10.1. The summed E-state index contributed by atoms with van der Waals surface area (Å²) in [5, 5.41) is 0. The summed E-state index contributed by atoms with van der Waals surface area (Å²) in [5.74, 6) is 0.203. The van der Waals surface area contributed by atoms with E-state index in [0.29, 0.717) is 11.3 Å². The highest BCUT2D eigenvalue weighted by atomic mass is 19.4. The van der Waals surface area contributed by atoms with Gasteiger partial charge in [0.15, 0.2) is 0 Å². The van der Waals surface area contributed by atoms with Gasteiger partial charge in [-0.05, 0) is 48.7 Å². The van der Waals surface area contributed by atoms with Gasteiger partial charge in [0.05, 0.1) is 5.56 Å². The number of alkyl halides is 3. The molecule has 0 atom stereocenters. The largest absolute Gasteiger partial charge is 0.456 e. The molecular formula is C16H16F3NO. The minimum atomic E-state index is -4.49. The van der Waals surface area contributed by atoms with Gasteiger partial charge in [0.2, 0.25) is 0 Å². The first-order chi connectivity index (χ1) is 9.81. The van der Waals surface area contributed by atoms with Gasteiger partial charge in [-0.1, -0.05) is 18.2 Å². The maximum atomic E-state index is 13.1. The summed E-state index contributed by atoms with van der Waals surface area (Å²) in [4.78, 5) is 0. The average molecular weight is 295 g/mol. The number of aryl methyl sites for hydroxylation is 2. The maximum Gasteiger partial charge on any atom is 0.419 e. The van der Waals surface area contributed by atoms with Gasteiger partial charge >= 0.3 is 6.18 Å². The lowest BCUT2D eigenvalue weighted by Gasteiger charge is -2.16. The zero-order valence-electron chi connectivity index (χ0n) is 11.8. The molecule has 0 unspecified atom stereocenters.